The molecule has 0 saturated heterocycles. The Hall–Kier alpha value is -2.85. The van der Waals surface area contributed by atoms with Crippen LogP contribution in [-0.2, 0) is 5.54 Å². The first-order valence-corrected chi connectivity index (χ1v) is 10.8. The van der Waals surface area contributed by atoms with Crippen LogP contribution in [0.15, 0.2) is 60.9 Å². The van der Waals surface area contributed by atoms with Crippen molar-refractivity contribution in [2.45, 2.75) is 37.3 Å². The maximum Gasteiger partial charge on any atom is 0.251 e. The molecule has 0 radical (unpaired) electrons. The van der Waals surface area contributed by atoms with Crippen molar-refractivity contribution in [1.29, 1.82) is 0 Å². The lowest BCUT2D eigenvalue weighted by Gasteiger charge is -2.29. The van der Waals surface area contributed by atoms with Gasteiger partial charge in [-0.15, -0.1) is 0 Å². The normalized spacial score (nSPS) is 20.5. The van der Waals surface area contributed by atoms with Gasteiger partial charge in [0.2, 0.25) is 0 Å². The molecular formula is C25H21ClN2O2. The fourth-order valence-electron chi connectivity index (χ4n) is 4.56. The SMILES string of the molecule is O=C(NC1(c2ccccc2Cl)CC1)c1ccc2c(c1)C(C1CC1)Oc1cnccc1-2. The largest absolute Gasteiger partial charge is 0.483 e. The molecule has 150 valence electrons. The van der Waals surface area contributed by atoms with Gasteiger partial charge >= 0.3 is 0 Å². The molecule has 1 amide bonds. The molecule has 2 aromatic carbocycles. The highest BCUT2D eigenvalue weighted by Gasteiger charge is 2.47. The fraction of sp³-hybridized carbons (Fsp3) is 0.280. The van der Waals surface area contributed by atoms with E-state index in [0.29, 0.717) is 16.5 Å². The third-order valence-electron chi connectivity index (χ3n) is 6.49. The van der Waals surface area contributed by atoms with E-state index in [9.17, 15) is 4.79 Å². The van der Waals surface area contributed by atoms with Gasteiger partial charge in [0, 0.05) is 33.8 Å². The summed E-state index contributed by atoms with van der Waals surface area (Å²) in [6, 6.07) is 15.7. The summed E-state index contributed by atoms with van der Waals surface area (Å²) in [5, 5.41) is 3.95. The lowest BCUT2D eigenvalue weighted by atomic mass is 9.90. The van der Waals surface area contributed by atoms with E-state index in [0.717, 1.165) is 53.7 Å². The molecule has 2 heterocycles. The van der Waals surface area contributed by atoms with Gasteiger partial charge in [-0.3, -0.25) is 9.78 Å². The smallest absolute Gasteiger partial charge is 0.251 e. The van der Waals surface area contributed by atoms with Crippen LogP contribution in [0.3, 0.4) is 0 Å². The number of hydrogen-bond donors (Lipinski definition) is 1. The Bertz CT molecular complexity index is 1170. The molecule has 1 atom stereocenters. The van der Waals surface area contributed by atoms with Crippen molar-refractivity contribution >= 4 is 17.5 Å². The Kier molecular flexibility index (Phi) is 3.94. The number of amides is 1. The lowest BCUT2D eigenvalue weighted by molar-refractivity contribution is 0.0930. The number of benzene rings is 2. The minimum atomic E-state index is -0.351. The Morgan fingerprint density at radius 2 is 1.93 bits per heavy atom. The minimum Gasteiger partial charge on any atom is -0.483 e. The number of fused-ring (bicyclic) bond motifs is 3. The minimum absolute atomic E-state index is 0.0112. The van der Waals surface area contributed by atoms with Crippen LogP contribution in [0.25, 0.3) is 11.1 Å². The van der Waals surface area contributed by atoms with Crippen molar-refractivity contribution < 1.29 is 9.53 Å². The number of aromatic nitrogens is 1. The Balaban J connectivity index is 1.35. The predicted molar refractivity (Wildman–Crippen MR) is 116 cm³/mol. The van der Waals surface area contributed by atoms with Gasteiger partial charge in [0.1, 0.15) is 11.9 Å². The first-order valence-electron chi connectivity index (χ1n) is 10.5. The molecular weight excluding hydrogens is 396 g/mol. The molecule has 30 heavy (non-hydrogen) atoms. The van der Waals surface area contributed by atoms with Crippen LogP contribution in [0.1, 0.15) is 53.3 Å². The molecule has 6 rings (SSSR count). The number of halogens is 1. The summed E-state index contributed by atoms with van der Waals surface area (Å²) in [6.07, 6.45) is 7.68. The molecule has 0 spiro atoms. The van der Waals surface area contributed by atoms with E-state index in [1.54, 1.807) is 12.4 Å². The summed E-state index contributed by atoms with van der Waals surface area (Å²) in [5.41, 5.74) is 4.59. The van der Waals surface area contributed by atoms with Gasteiger partial charge in [0.25, 0.3) is 5.91 Å². The quantitative estimate of drug-likeness (QED) is 0.596. The fourth-order valence-corrected chi connectivity index (χ4v) is 4.87. The second-order valence-electron chi connectivity index (χ2n) is 8.57. The topological polar surface area (TPSA) is 51.2 Å². The van der Waals surface area contributed by atoms with Crippen molar-refractivity contribution in [3.8, 4) is 16.9 Å². The number of hydrogen-bond acceptors (Lipinski definition) is 3. The van der Waals surface area contributed by atoms with Crippen LogP contribution in [0.4, 0.5) is 0 Å². The van der Waals surface area contributed by atoms with E-state index < -0.39 is 0 Å². The monoisotopic (exact) mass is 416 g/mol. The van der Waals surface area contributed by atoms with Crippen LogP contribution in [0.5, 0.6) is 5.75 Å². The Labute approximate surface area is 180 Å². The van der Waals surface area contributed by atoms with Crippen molar-refractivity contribution in [3.05, 3.63) is 82.6 Å². The maximum absolute atomic E-state index is 13.2. The van der Waals surface area contributed by atoms with Crippen molar-refractivity contribution in [2.24, 2.45) is 5.92 Å². The Morgan fingerprint density at radius 1 is 1.10 bits per heavy atom. The van der Waals surface area contributed by atoms with Crippen LogP contribution in [0.2, 0.25) is 5.02 Å². The molecule has 1 aliphatic heterocycles. The highest BCUT2D eigenvalue weighted by molar-refractivity contribution is 6.31. The summed E-state index contributed by atoms with van der Waals surface area (Å²) in [4.78, 5) is 17.4. The average Bonchev–Trinajstić information content (AvgIpc) is 3.69. The molecule has 1 unspecified atom stereocenters. The molecule has 0 bridgehead atoms. The van der Waals surface area contributed by atoms with Crippen LogP contribution < -0.4 is 10.1 Å². The van der Waals surface area contributed by atoms with Crippen molar-refractivity contribution in [1.82, 2.24) is 10.3 Å². The highest BCUT2D eigenvalue weighted by Crippen LogP contribution is 2.51. The first-order chi connectivity index (χ1) is 14.6. The van der Waals surface area contributed by atoms with Gasteiger partial charge in [0.05, 0.1) is 11.7 Å². The Morgan fingerprint density at radius 3 is 2.70 bits per heavy atom. The second kappa shape index (κ2) is 6.58. The molecule has 3 aromatic rings. The molecule has 4 nitrogen and oxygen atoms in total. The molecule has 5 heteroatoms. The van der Waals surface area contributed by atoms with Crippen molar-refractivity contribution in [3.63, 3.8) is 0 Å². The van der Waals surface area contributed by atoms with E-state index in [1.165, 1.54) is 0 Å². The van der Waals surface area contributed by atoms with E-state index in [2.05, 4.69) is 16.4 Å². The highest BCUT2D eigenvalue weighted by atomic mass is 35.5. The van der Waals surface area contributed by atoms with Gasteiger partial charge in [-0.1, -0.05) is 35.9 Å². The zero-order valence-corrected chi connectivity index (χ0v) is 17.2. The molecule has 2 fully saturated rings. The third kappa shape index (κ3) is 2.90. The van der Waals surface area contributed by atoms with Crippen LogP contribution in [0, 0.1) is 5.92 Å². The zero-order chi connectivity index (χ0) is 20.3. The van der Waals surface area contributed by atoms with E-state index >= 15 is 0 Å². The maximum atomic E-state index is 13.2. The summed E-state index contributed by atoms with van der Waals surface area (Å²) in [5.74, 6) is 1.27. The summed E-state index contributed by atoms with van der Waals surface area (Å²) in [7, 11) is 0. The standard InChI is InChI=1S/C25H21ClN2O2/c26-21-4-2-1-3-20(21)25(10-11-25)28-24(29)16-7-8-17-18-9-12-27-14-22(18)30-23(15-5-6-15)19(17)13-16/h1-4,7-9,12-15,23H,5-6,10-11H2,(H,28,29). The van der Waals surface area contributed by atoms with Crippen molar-refractivity contribution in [2.75, 3.05) is 0 Å². The number of ether oxygens (including phenoxy) is 1. The van der Waals surface area contributed by atoms with Crippen LogP contribution in [-0.4, -0.2) is 10.9 Å². The molecule has 2 saturated carbocycles. The van der Waals surface area contributed by atoms with E-state index in [1.807, 2.05) is 42.5 Å². The number of rotatable bonds is 4. The van der Waals surface area contributed by atoms with E-state index in [4.69, 9.17) is 16.3 Å². The van der Waals surface area contributed by atoms with Gasteiger partial charge in [-0.05, 0) is 61.1 Å². The predicted octanol–water partition coefficient (Wildman–Crippen LogP) is 5.66. The zero-order valence-electron chi connectivity index (χ0n) is 16.4. The van der Waals surface area contributed by atoms with Gasteiger partial charge in [-0.2, -0.15) is 0 Å². The van der Waals surface area contributed by atoms with Crippen LogP contribution >= 0.6 is 11.6 Å². The number of pyridine rings is 1. The second-order valence-corrected chi connectivity index (χ2v) is 8.97. The third-order valence-corrected chi connectivity index (χ3v) is 6.82. The number of carbonyl (C=O) groups excluding carboxylic acids is 1. The molecule has 2 aliphatic carbocycles. The van der Waals surface area contributed by atoms with Gasteiger partial charge < -0.3 is 10.1 Å². The average molecular weight is 417 g/mol. The number of carbonyl (C=O) groups is 1. The number of nitrogens with zero attached hydrogens (tertiary/aromatic N) is 1. The van der Waals surface area contributed by atoms with Gasteiger partial charge in [-0.25, -0.2) is 0 Å². The summed E-state index contributed by atoms with van der Waals surface area (Å²) < 4.78 is 6.30. The summed E-state index contributed by atoms with van der Waals surface area (Å²) in [6.45, 7) is 0. The molecule has 1 N–H and O–H groups in total. The summed E-state index contributed by atoms with van der Waals surface area (Å²) >= 11 is 6.41. The molecule has 3 aliphatic rings. The molecule has 1 aromatic heterocycles. The number of nitrogens with one attached hydrogen (secondary N) is 1. The van der Waals surface area contributed by atoms with Gasteiger partial charge in [0.15, 0.2) is 0 Å². The lowest BCUT2D eigenvalue weighted by Crippen LogP contribution is -2.35. The first kappa shape index (κ1) is 18.0. The van der Waals surface area contributed by atoms with E-state index in [-0.39, 0.29) is 17.6 Å².